The Kier molecular flexibility index (Phi) is 42.2. The molecule has 1 aliphatic rings. The molecular formula is C78H123NO8. The van der Waals surface area contributed by atoms with Crippen LogP contribution in [0.3, 0.4) is 0 Å². The number of benzene rings is 4. The van der Waals surface area contributed by atoms with E-state index in [4.69, 9.17) is 23.7 Å². The maximum atomic E-state index is 14.2. The van der Waals surface area contributed by atoms with Gasteiger partial charge in [-0.1, -0.05) is 353 Å². The van der Waals surface area contributed by atoms with E-state index in [1.54, 1.807) is 0 Å². The Bertz CT molecular complexity index is 2170. The van der Waals surface area contributed by atoms with Crippen molar-refractivity contribution >= 4 is 5.91 Å². The van der Waals surface area contributed by atoms with Gasteiger partial charge in [0.15, 0.2) is 0 Å². The number of aliphatic hydroxyl groups excluding tert-OH is 2. The summed E-state index contributed by atoms with van der Waals surface area (Å²) in [7, 11) is 0. The Morgan fingerprint density at radius 2 is 0.713 bits per heavy atom. The van der Waals surface area contributed by atoms with E-state index >= 15 is 0 Å². The second kappa shape index (κ2) is 49.8. The molecule has 8 atom stereocenters. The molecule has 0 spiro atoms. The fourth-order valence-corrected chi connectivity index (χ4v) is 12.6. The van der Waals surface area contributed by atoms with E-state index in [0.717, 1.165) is 60.8 Å². The van der Waals surface area contributed by atoms with Crippen molar-refractivity contribution in [2.75, 3.05) is 6.61 Å². The van der Waals surface area contributed by atoms with Crippen molar-refractivity contribution in [1.82, 2.24) is 5.32 Å². The summed E-state index contributed by atoms with van der Waals surface area (Å²) in [4.78, 5) is 14.2. The highest BCUT2D eigenvalue weighted by atomic mass is 16.6. The number of aliphatic hydroxyl groups is 2. The Hall–Kier alpha value is -3.93. The third-order valence-electron chi connectivity index (χ3n) is 18.0. The fraction of sp³-hybridized carbons (Fsp3) is 0.679. The van der Waals surface area contributed by atoms with Crippen molar-refractivity contribution in [3.63, 3.8) is 0 Å². The topological polar surface area (TPSA) is 116 Å². The van der Waals surface area contributed by atoms with Crippen LogP contribution in [0.5, 0.6) is 0 Å². The maximum Gasteiger partial charge on any atom is 0.220 e. The molecule has 1 fully saturated rings. The van der Waals surface area contributed by atoms with Gasteiger partial charge >= 0.3 is 0 Å². The smallest absolute Gasteiger partial charge is 0.220 e. The zero-order valence-corrected chi connectivity index (χ0v) is 54.9. The average molecular weight is 1200 g/mol. The van der Waals surface area contributed by atoms with Crippen LogP contribution in [0.4, 0.5) is 0 Å². The largest absolute Gasteiger partial charge is 0.390 e. The molecule has 0 bridgehead atoms. The van der Waals surface area contributed by atoms with Gasteiger partial charge in [0.1, 0.15) is 30.5 Å². The molecule has 0 saturated carbocycles. The molecule has 4 aromatic carbocycles. The molecule has 0 radical (unpaired) electrons. The Labute approximate surface area is 530 Å². The lowest BCUT2D eigenvalue weighted by Gasteiger charge is -2.47. The van der Waals surface area contributed by atoms with Crippen molar-refractivity contribution in [2.24, 2.45) is 0 Å². The van der Waals surface area contributed by atoms with Crippen molar-refractivity contribution in [3.05, 3.63) is 144 Å². The molecule has 488 valence electrons. The zero-order chi connectivity index (χ0) is 61.3. The van der Waals surface area contributed by atoms with E-state index in [1.165, 1.54) is 186 Å². The molecule has 5 rings (SSSR count). The van der Waals surface area contributed by atoms with Crippen LogP contribution in [-0.4, -0.2) is 71.5 Å². The first kappa shape index (κ1) is 73.8. The number of hydrogen-bond acceptors (Lipinski definition) is 8. The van der Waals surface area contributed by atoms with Crippen molar-refractivity contribution in [3.8, 4) is 0 Å². The molecular weight excluding hydrogens is 1080 g/mol. The molecule has 3 N–H and O–H groups in total. The predicted octanol–water partition coefficient (Wildman–Crippen LogP) is 19.8. The molecule has 0 unspecified atom stereocenters. The van der Waals surface area contributed by atoms with Crippen molar-refractivity contribution < 1.29 is 38.7 Å². The Morgan fingerprint density at radius 1 is 0.402 bits per heavy atom. The number of carbonyl (C=O) groups excluding carboxylic acids is 1. The van der Waals surface area contributed by atoms with Gasteiger partial charge in [-0.3, -0.25) is 4.79 Å². The van der Waals surface area contributed by atoms with E-state index in [9.17, 15) is 15.0 Å². The standard InChI is InChI=1S/C78H123NO8/c1-3-5-7-9-11-13-15-17-18-19-20-21-22-23-24-25-26-27-29-31-33-35-49-59-74(81)79-70(75(82)71(80)58-48-34-32-30-28-16-14-12-10-8-6-4-2)60-72-76(84-62-67-52-42-37-43-53-67)78(86-64-69-56-46-39-47-57-69)77(85-63-68-54-44-38-45-55-68)73(87-72)65-83-61-66-50-40-36-41-51-66/h36-47,50-57,70-73,75-78,80,82H,3-35,48-49,58-65H2,1-2H3,(H,79,81)/t70-,71+,72+,73+,75-,76-,77-,78+/m0/s1. The summed E-state index contributed by atoms with van der Waals surface area (Å²) in [6.07, 6.45) is 40.4. The first-order chi connectivity index (χ1) is 42.9. The van der Waals surface area contributed by atoms with Crippen LogP contribution < -0.4 is 5.32 Å². The summed E-state index contributed by atoms with van der Waals surface area (Å²) in [5, 5.41) is 27.5. The number of ether oxygens (including phenoxy) is 5. The monoisotopic (exact) mass is 1200 g/mol. The number of rotatable bonds is 55. The molecule has 1 amide bonds. The van der Waals surface area contributed by atoms with E-state index in [2.05, 4.69) is 43.4 Å². The van der Waals surface area contributed by atoms with E-state index < -0.39 is 48.8 Å². The second-order valence-electron chi connectivity index (χ2n) is 25.7. The predicted molar refractivity (Wildman–Crippen MR) is 361 cm³/mol. The van der Waals surface area contributed by atoms with Gasteiger partial charge in [-0.05, 0) is 41.5 Å². The summed E-state index contributed by atoms with van der Waals surface area (Å²) in [5.41, 5.74) is 4.06. The van der Waals surface area contributed by atoms with Gasteiger partial charge in [-0.15, -0.1) is 0 Å². The minimum absolute atomic E-state index is 0.124. The average Bonchev–Trinajstić information content (AvgIpc) is 2.47. The van der Waals surface area contributed by atoms with Crippen molar-refractivity contribution in [1.29, 1.82) is 0 Å². The lowest BCUT2D eigenvalue weighted by molar-refractivity contribution is -0.275. The van der Waals surface area contributed by atoms with Crippen LogP contribution in [0.1, 0.15) is 280 Å². The van der Waals surface area contributed by atoms with Gasteiger partial charge < -0.3 is 39.2 Å². The molecule has 9 nitrogen and oxygen atoms in total. The summed E-state index contributed by atoms with van der Waals surface area (Å²) in [5.74, 6) is -0.124. The minimum atomic E-state index is -1.24. The maximum absolute atomic E-state index is 14.2. The molecule has 0 aromatic heterocycles. The summed E-state index contributed by atoms with van der Waals surface area (Å²) < 4.78 is 34.8. The molecule has 1 saturated heterocycles. The SMILES string of the molecule is CCCCCCCCCCCCCCCCCCCCCCCCCC(=O)N[C@@H](C[C@H]1O[C@H](COCc2ccccc2)[C@H](OCc2ccccc2)[C@H](OCc2ccccc2)[C@H]1OCc1ccccc1)[C@H](O)[C@H](O)CCCCCCCCCCCCCC. The minimum Gasteiger partial charge on any atom is -0.390 e. The number of amides is 1. The van der Waals surface area contributed by atoms with Gasteiger partial charge in [0.2, 0.25) is 5.91 Å². The lowest BCUT2D eigenvalue weighted by Crippen LogP contribution is -2.63. The molecule has 4 aromatic rings. The Morgan fingerprint density at radius 3 is 1.08 bits per heavy atom. The van der Waals surface area contributed by atoms with Crippen LogP contribution in [-0.2, 0) is 54.9 Å². The van der Waals surface area contributed by atoms with Crippen LogP contribution in [0, 0.1) is 0 Å². The van der Waals surface area contributed by atoms with Gasteiger partial charge in [0.25, 0.3) is 0 Å². The van der Waals surface area contributed by atoms with Crippen LogP contribution in [0.25, 0.3) is 0 Å². The number of nitrogens with one attached hydrogen (secondary N) is 1. The molecule has 1 aliphatic heterocycles. The van der Waals surface area contributed by atoms with Gasteiger partial charge in [0, 0.05) is 6.42 Å². The normalized spacial score (nSPS) is 18.0. The number of unbranched alkanes of at least 4 members (excludes halogenated alkanes) is 33. The zero-order valence-electron chi connectivity index (χ0n) is 54.9. The number of hydrogen-bond donors (Lipinski definition) is 3. The molecule has 1 heterocycles. The first-order valence-electron chi connectivity index (χ1n) is 35.8. The highest BCUT2D eigenvalue weighted by Crippen LogP contribution is 2.34. The molecule has 0 aliphatic carbocycles. The summed E-state index contributed by atoms with van der Waals surface area (Å²) in [6.45, 7) is 6.02. The summed E-state index contributed by atoms with van der Waals surface area (Å²) >= 11 is 0. The fourth-order valence-electron chi connectivity index (χ4n) is 12.6. The summed E-state index contributed by atoms with van der Waals surface area (Å²) in [6, 6.07) is 39.7. The third-order valence-corrected chi connectivity index (χ3v) is 18.0. The molecule has 9 heteroatoms. The van der Waals surface area contributed by atoms with E-state index in [-0.39, 0.29) is 25.5 Å². The van der Waals surface area contributed by atoms with Crippen LogP contribution >= 0.6 is 0 Å². The Balaban J connectivity index is 1.21. The highest BCUT2D eigenvalue weighted by Gasteiger charge is 2.50. The molecule has 87 heavy (non-hydrogen) atoms. The first-order valence-corrected chi connectivity index (χ1v) is 35.8. The van der Waals surface area contributed by atoms with Gasteiger partial charge in [0.05, 0.1) is 51.3 Å². The van der Waals surface area contributed by atoms with Gasteiger partial charge in [-0.25, -0.2) is 0 Å². The lowest BCUT2D eigenvalue weighted by atomic mass is 9.88. The van der Waals surface area contributed by atoms with Crippen molar-refractivity contribution in [2.45, 2.75) is 333 Å². The quantitative estimate of drug-likeness (QED) is 0.0375. The highest BCUT2D eigenvalue weighted by molar-refractivity contribution is 5.76. The second-order valence-corrected chi connectivity index (χ2v) is 25.7. The van der Waals surface area contributed by atoms with Crippen LogP contribution in [0.2, 0.25) is 0 Å². The van der Waals surface area contributed by atoms with E-state index in [1.807, 2.05) is 97.1 Å². The third kappa shape index (κ3) is 34.2. The van der Waals surface area contributed by atoms with Gasteiger partial charge in [-0.2, -0.15) is 0 Å². The van der Waals surface area contributed by atoms with Crippen LogP contribution in [0.15, 0.2) is 121 Å². The number of carbonyl (C=O) groups is 1. The van der Waals surface area contributed by atoms with E-state index in [0.29, 0.717) is 32.7 Å².